The van der Waals surface area contributed by atoms with Gasteiger partial charge < -0.3 is 14.8 Å². The van der Waals surface area contributed by atoms with E-state index < -0.39 is 0 Å². The highest BCUT2D eigenvalue weighted by molar-refractivity contribution is 7.19. The lowest BCUT2D eigenvalue weighted by Crippen LogP contribution is -2.21. The summed E-state index contributed by atoms with van der Waals surface area (Å²) in [5, 5.41) is 4.78. The molecule has 0 fully saturated rings. The van der Waals surface area contributed by atoms with Crippen LogP contribution in [0.25, 0.3) is 10.1 Å². The van der Waals surface area contributed by atoms with Gasteiger partial charge in [-0.2, -0.15) is 0 Å². The molecule has 3 nitrogen and oxygen atoms in total. The molecule has 2 aromatic rings. The predicted molar refractivity (Wildman–Crippen MR) is 84.1 cm³/mol. The van der Waals surface area contributed by atoms with E-state index in [1.165, 1.54) is 20.5 Å². The molecule has 1 aliphatic rings. The van der Waals surface area contributed by atoms with Crippen molar-refractivity contribution in [2.45, 2.75) is 39.8 Å². The van der Waals surface area contributed by atoms with Crippen molar-refractivity contribution in [3.05, 3.63) is 22.6 Å². The summed E-state index contributed by atoms with van der Waals surface area (Å²) in [6, 6.07) is 4.77. The molecule has 4 heteroatoms. The van der Waals surface area contributed by atoms with Gasteiger partial charge in [-0.3, -0.25) is 0 Å². The van der Waals surface area contributed by atoms with E-state index in [-0.39, 0.29) is 0 Å². The highest BCUT2D eigenvalue weighted by atomic mass is 32.1. The first-order chi connectivity index (χ1) is 9.65. The van der Waals surface area contributed by atoms with Gasteiger partial charge in [0.2, 0.25) is 0 Å². The summed E-state index contributed by atoms with van der Waals surface area (Å²) in [7, 11) is 0. The van der Waals surface area contributed by atoms with Gasteiger partial charge in [0.15, 0.2) is 11.5 Å². The first-order valence-electron chi connectivity index (χ1n) is 7.20. The molecule has 1 aliphatic heterocycles. The molecular weight excluding hydrogens is 270 g/mol. The van der Waals surface area contributed by atoms with Crippen LogP contribution in [0.5, 0.6) is 11.5 Å². The van der Waals surface area contributed by atoms with E-state index in [0.29, 0.717) is 6.04 Å². The van der Waals surface area contributed by atoms with Gasteiger partial charge in [-0.1, -0.05) is 13.8 Å². The van der Waals surface area contributed by atoms with E-state index >= 15 is 0 Å². The number of benzene rings is 1. The second kappa shape index (κ2) is 5.62. The number of hydrogen-bond acceptors (Lipinski definition) is 4. The van der Waals surface area contributed by atoms with Crippen molar-refractivity contribution in [2.24, 2.45) is 0 Å². The third-order valence-corrected chi connectivity index (χ3v) is 4.83. The van der Waals surface area contributed by atoms with Gasteiger partial charge in [0.05, 0.1) is 13.2 Å². The smallest absolute Gasteiger partial charge is 0.162 e. The minimum atomic E-state index is 0.503. The number of aryl methyl sites for hydroxylation is 1. The van der Waals surface area contributed by atoms with E-state index in [1.54, 1.807) is 0 Å². The topological polar surface area (TPSA) is 30.5 Å². The Balaban J connectivity index is 1.99. The summed E-state index contributed by atoms with van der Waals surface area (Å²) >= 11 is 1.85. The summed E-state index contributed by atoms with van der Waals surface area (Å²) in [6.45, 7) is 8.95. The predicted octanol–water partition coefficient (Wildman–Crippen LogP) is 3.87. The summed E-state index contributed by atoms with van der Waals surface area (Å²) in [5.41, 5.74) is 1.36. The van der Waals surface area contributed by atoms with E-state index in [2.05, 4.69) is 38.2 Å². The van der Waals surface area contributed by atoms with Crippen molar-refractivity contribution in [1.82, 2.24) is 5.32 Å². The zero-order valence-corrected chi connectivity index (χ0v) is 13.1. The lowest BCUT2D eigenvalue weighted by Gasteiger charge is -2.07. The average molecular weight is 291 g/mol. The zero-order valence-electron chi connectivity index (χ0n) is 12.3. The fraction of sp³-hybridized carbons (Fsp3) is 0.500. The van der Waals surface area contributed by atoms with Crippen molar-refractivity contribution < 1.29 is 9.47 Å². The van der Waals surface area contributed by atoms with Crippen LogP contribution in [0.1, 0.15) is 30.7 Å². The van der Waals surface area contributed by atoms with Gasteiger partial charge >= 0.3 is 0 Å². The highest BCUT2D eigenvalue weighted by Gasteiger charge is 2.16. The monoisotopic (exact) mass is 291 g/mol. The van der Waals surface area contributed by atoms with E-state index in [1.807, 2.05) is 11.3 Å². The maximum Gasteiger partial charge on any atom is 0.162 e. The standard InChI is InChI=1S/C16H21NO2S/c1-10(2)17-9-16-11(3)12-7-13-14(8-15(12)20-16)19-6-4-5-18-13/h7-8,10,17H,4-6,9H2,1-3H3. The first kappa shape index (κ1) is 13.7. The molecule has 1 aromatic heterocycles. The Bertz CT molecular complexity index is 618. The van der Waals surface area contributed by atoms with Gasteiger partial charge in [0, 0.05) is 34.7 Å². The summed E-state index contributed by atoms with van der Waals surface area (Å²) in [5.74, 6) is 1.78. The summed E-state index contributed by atoms with van der Waals surface area (Å²) in [6.07, 6.45) is 0.949. The Morgan fingerprint density at radius 1 is 1.20 bits per heavy atom. The van der Waals surface area contributed by atoms with Gasteiger partial charge in [0.1, 0.15) is 0 Å². The molecule has 20 heavy (non-hydrogen) atoms. The normalized spacial score (nSPS) is 14.8. The van der Waals surface area contributed by atoms with Crippen LogP contribution in [0.3, 0.4) is 0 Å². The Labute approximate surface area is 123 Å². The van der Waals surface area contributed by atoms with Crippen LogP contribution in [-0.4, -0.2) is 19.3 Å². The van der Waals surface area contributed by atoms with Crippen LogP contribution in [-0.2, 0) is 6.54 Å². The van der Waals surface area contributed by atoms with Crippen LogP contribution < -0.4 is 14.8 Å². The van der Waals surface area contributed by atoms with E-state index in [9.17, 15) is 0 Å². The molecule has 0 spiro atoms. The molecule has 0 bridgehead atoms. The maximum absolute atomic E-state index is 5.78. The molecule has 0 saturated carbocycles. The second-order valence-corrected chi connectivity index (χ2v) is 6.67. The molecule has 3 rings (SSSR count). The minimum Gasteiger partial charge on any atom is -0.490 e. The van der Waals surface area contributed by atoms with Crippen LogP contribution in [0, 0.1) is 6.92 Å². The van der Waals surface area contributed by atoms with Crippen LogP contribution in [0.4, 0.5) is 0 Å². The van der Waals surface area contributed by atoms with Crippen molar-refractivity contribution in [1.29, 1.82) is 0 Å². The molecule has 0 radical (unpaired) electrons. The summed E-state index contributed by atoms with van der Waals surface area (Å²) in [4.78, 5) is 1.40. The van der Waals surface area contributed by atoms with Crippen LogP contribution >= 0.6 is 11.3 Å². The number of thiophene rings is 1. The van der Waals surface area contributed by atoms with Gasteiger partial charge in [0.25, 0.3) is 0 Å². The highest BCUT2D eigenvalue weighted by Crippen LogP contribution is 2.40. The number of hydrogen-bond donors (Lipinski definition) is 1. The number of rotatable bonds is 3. The molecule has 0 unspecified atom stereocenters. The third kappa shape index (κ3) is 2.63. The van der Waals surface area contributed by atoms with Gasteiger partial charge in [-0.25, -0.2) is 0 Å². The van der Waals surface area contributed by atoms with Crippen molar-refractivity contribution in [3.63, 3.8) is 0 Å². The lowest BCUT2D eigenvalue weighted by atomic mass is 10.1. The number of nitrogens with one attached hydrogen (secondary N) is 1. The minimum absolute atomic E-state index is 0.503. The molecule has 0 amide bonds. The SMILES string of the molecule is Cc1c(CNC(C)C)sc2cc3c(cc12)OCCCO3. The van der Waals surface area contributed by atoms with Gasteiger partial charge in [-0.05, 0) is 23.9 Å². The number of ether oxygens (including phenoxy) is 2. The van der Waals surface area contributed by atoms with Gasteiger partial charge in [-0.15, -0.1) is 11.3 Å². The Morgan fingerprint density at radius 3 is 2.60 bits per heavy atom. The molecular formula is C16H21NO2S. The number of fused-ring (bicyclic) bond motifs is 2. The molecule has 0 atom stereocenters. The average Bonchev–Trinajstić information content (AvgIpc) is 2.61. The zero-order chi connectivity index (χ0) is 14.1. The van der Waals surface area contributed by atoms with Crippen LogP contribution in [0.2, 0.25) is 0 Å². The maximum atomic E-state index is 5.78. The molecule has 2 heterocycles. The largest absolute Gasteiger partial charge is 0.490 e. The third-order valence-electron chi connectivity index (χ3n) is 3.58. The van der Waals surface area contributed by atoms with Crippen LogP contribution in [0.15, 0.2) is 12.1 Å². The van der Waals surface area contributed by atoms with E-state index in [0.717, 1.165) is 37.7 Å². The molecule has 1 N–H and O–H groups in total. The lowest BCUT2D eigenvalue weighted by molar-refractivity contribution is 0.297. The first-order valence-corrected chi connectivity index (χ1v) is 8.02. The second-order valence-electron chi connectivity index (χ2n) is 5.53. The fourth-order valence-electron chi connectivity index (χ4n) is 2.39. The van der Waals surface area contributed by atoms with Crippen molar-refractivity contribution >= 4 is 21.4 Å². The fourth-order valence-corrected chi connectivity index (χ4v) is 3.56. The Kier molecular flexibility index (Phi) is 3.85. The van der Waals surface area contributed by atoms with E-state index in [4.69, 9.17) is 9.47 Å². The summed E-state index contributed by atoms with van der Waals surface area (Å²) < 4.78 is 12.8. The molecule has 1 aromatic carbocycles. The quantitative estimate of drug-likeness (QED) is 0.931. The molecule has 0 saturated heterocycles. The Hall–Kier alpha value is -1.26. The molecule has 108 valence electrons. The Morgan fingerprint density at radius 2 is 1.90 bits per heavy atom. The van der Waals surface area contributed by atoms with Crippen molar-refractivity contribution in [3.8, 4) is 11.5 Å². The van der Waals surface area contributed by atoms with Crippen molar-refractivity contribution in [2.75, 3.05) is 13.2 Å². The molecule has 0 aliphatic carbocycles.